The maximum atomic E-state index is 8.89. The molecule has 0 heterocycles. The molecule has 0 amide bonds. The number of hydrogen-bond donors (Lipinski definition) is 0. The van der Waals surface area contributed by atoms with Crippen molar-refractivity contribution in [2.75, 3.05) is 0 Å². The summed E-state index contributed by atoms with van der Waals surface area (Å²) >= 11 is 9.48. The van der Waals surface area contributed by atoms with Crippen LogP contribution in [0.15, 0.2) is 13.4 Å². The van der Waals surface area contributed by atoms with Crippen LogP contribution in [0.4, 0.5) is 5.69 Å². The predicted octanol–water partition coefficient (Wildman–Crippen LogP) is 4.27. The highest BCUT2D eigenvalue weighted by Crippen LogP contribution is 2.43. The first-order valence-corrected chi connectivity index (χ1v) is 5.84. The molecule has 1 aromatic carbocycles. The summed E-state index contributed by atoms with van der Waals surface area (Å²) in [5.41, 5.74) is 0.729. The molecule has 1 rings (SSSR count). The van der Waals surface area contributed by atoms with Gasteiger partial charge in [0.05, 0.1) is 22.2 Å². The zero-order valence-electron chi connectivity index (χ0n) is 6.98. The van der Waals surface area contributed by atoms with Crippen LogP contribution in [0.3, 0.4) is 0 Å². The van der Waals surface area contributed by atoms with Crippen molar-refractivity contribution in [3.63, 3.8) is 0 Å². The minimum absolute atomic E-state index is 0.228. The largest absolute Gasteiger partial charge is 0.236 e. The van der Waals surface area contributed by atoms with Crippen LogP contribution in [0.1, 0.15) is 11.1 Å². The summed E-state index contributed by atoms with van der Waals surface area (Å²) in [7, 11) is 0. The van der Waals surface area contributed by atoms with Crippen LogP contribution in [0.25, 0.3) is 4.85 Å². The lowest BCUT2D eigenvalue weighted by molar-refractivity contribution is 1.39. The van der Waals surface area contributed by atoms with E-state index in [1.54, 1.807) is 0 Å². The minimum Gasteiger partial charge on any atom is -0.236 e. The molecule has 0 saturated heterocycles. The zero-order chi connectivity index (χ0) is 11.6. The molecule has 0 spiro atoms. The van der Waals surface area contributed by atoms with Gasteiger partial charge in [0.2, 0.25) is 5.69 Å². The van der Waals surface area contributed by atoms with E-state index in [9.17, 15) is 0 Å². The fraction of sp³-hybridized carbons (Fsp3) is 0. The van der Waals surface area contributed by atoms with Crippen molar-refractivity contribution in [2.24, 2.45) is 0 Å². The van der Waals surface area contributed by atoms with Crippen LogP contribution >= 0.6 is 47.8 Å². The lowest BCUT2D eigenvalue weighted by atomic mass is 10.1. The van der Waals surface area contributed by atoms with Crippen molar-refractivity contribution in [2.45, 2.75) is 0 Å². The molecular formula is C9Br3N3. The van der Waals surface area contributed by atoms with Crippen LogP contribution in [0.2, 0.25) is 0 Å². The van der Waals surface area contributed by atoms with E-state index in [-0.39, 0.29) is 16.8 Å². The number of nitriles is 2. The van der Waals surface area contributed by atoms with Gasteiger partial charge in [-0.15, -0.1) is 0 Å². The Bertz CT molecular complexity index is 456. The van der Waals surface area contributed by atoms with Crippen LogP contribution in [0, 0.1) is 29.2 Å². The molecule has 15 heavy (non-hydrogen) atoms. The van der Waals surface area contributed by atoms with E-state index in [0.29, 0.717) is 13.4 Å². The Morgan fingerprint density at radius 3 is 1.60 bits per heavy atom. The summed E-state index contributed by atoms with van der Waals surface area (Å²) in [6, 6.07) is 3.86. The molecule has 0 aromatic heterocycles. The van der Waals surface area contributed by atoms with Gasteiger partial charge in [0.25, 0.3) is 0 Å². The fourth-order valence-electron chi connectivity index (χ4n) is 0.945. The molecule has 0 atom stereocenters. The lowest BCUT2D eigenvalue weighted by Gasteiger charge is -2.06. The zero-order valence-corrected chi connectivity index (χ0v) is 11.7. The summed E-state index contributed by atoms with van der Waals surface area (Å²) in [5.74, 6) is 0. The second-order valence-electron chi connectivity index (χ2n) is 2.38. The Morgan fingerprint density at radius 1 is 0.933 bits per heavy atom. The summed E-state index contributed by atoms with van der Waals surface area (Å²) in [6.07, 6.45) is 0. The standard InChI is InChI=1S/C9Br3N3/c1-15-9-7(11)4(2-13)6(10)5(3-14)8(9)12. The molecule has 0 unspecified atom stereocenters. The number of nitrogens with zero attached hydrogens (tertiary/aromatic N) is 3. The van der Waals surface area contributed by atoms with E-state index in [0.717, 1.165) is 0 Å². The van der Waals surface area contributed by atoms with E-state index in [1.807, 2.05) is 12.1 Å². The Labute approximate surface area is 112 Å². The SMILES string of the molecule is [C-]#[N+]c1c(Br)c(C#N)c(Br)c(C#N)c1Br. The molecule has 0 bridgehead atoms. The third-order valence-corrected chi connectivity index (χ3v) is 3.97. The van der Waals surface area contributed by atoms with Crippen molar-refractivity contribution in [3.05, 3.63) is 36.0 Å². The molecule has 0 aliphatic heterocycles. The summed E-state index contributed by atoms with van der Waals surface area (Å²) in [5, 5.41) is 17.8. The lowest BCUT2D eigenvalue weighted by Crippen LogP contribution is -1.89. The summed E-state index contributed by atoms with van der Waals surface area (Å²) in [6.45, 7) is 6.97. The molecule has 72 valence electrons. The van der Waals surface area contributed by atoms with Crippen LogP contribution in [0.5, 0.6) is 0 Å². The van der Waals surface area contributed by atoms with Gasteiger partial charge in [0, 0.05) is 8.95 Å². The van der Waals surface area contributed by atoms with E-state index in [4.69, 9.17) is 17.1 Å². The number of rotatable bonds is 0. The Kier molecular flexibility index (Phi) is 3.88. The van der Waals surface area contributed by atoms with Crippen molar-refractivity contribution in [1.29, 1.82) is 10.5 Å². The third-order valence-electron chi connectivity index (χ3n) is 1.63. The topological polar surface area (TPSA) is 51.9 Å². The van der Waals surface area contributed by atoms with Crippen LogP contribution in [-0.2, 0) is 0 Å². The molecule has 0 aliphatic carbocycles. The third kappa shape index (κ3) is 1.92. The van der Waals surface area contributed by atoms with E-state index in [1.165, 1.54) is 0 Å². The Hall–Kier alpha value is -0.870. The molecule has 0 radical (unpaired) electrons. The molecular weight excluding hydrogens is 390 g/mol. The maximum Gasteiger partial charge on any atom is 0.217 e. The molecule has 6 heteroatoms. The van der Waals surface area contributed by atoms with E-state index < -0.39 is 0 Å². The molecule has 0 N–H and O–H groups in total. The molecule has 0 saturated carbocycles. The Balaban J connectivity index is 3.88. The minimum atomic E-state index is 0.228. The molecule has 0 fully saturated rings. The number of benzene rings is 1. The first kappa shape index (κ1) is 12.2. The smallest absolute Gasteiger partial charge is 0.217 e. The molecule has 1 aromatic rings. The van der Waals surface area contributed by atoms with Crippen molar-refractivity contribution in [3.8, 4) is 12.1 Å². The van der Waals surface area contributed by atoms with Crippen LogP contribution in [-0.4, -0.2) is 0 Å². The number of halogens is 3. The highest BCUT2D eigenvalue weighted by Gasteiger charge is 2.19. The van der Waals surface area contributed by atoms with Gasteiger partial charge in [-0.2, -0.15) is 10.5 Å². The second-order valence-corrected chi connectivity index (χ2v) is 4.75. The maximum absolute atomic E-state index is 8.89. The fourth-order valence-corrected chi connectivity index (χ4v) is 3.46. The normalized spacial score (nSPS) is 8.80. The summed E-state index contributed by atoms with van der Waals surface area (Å²) in [4.78, 5) is 3.26. The monoisotopic (exact) mass is 387 g/mol. The van der Waals surface area contributed by atoms with Gasteiger partial charge in [0.1, 0.15) is 12.1 Å². The highest BCUT2D eigenvalue weighted by atomic mass is 79.9. The first-order valence-electron chi connectivity index (χ1n) is 3.46. The van der Waals surface area contributed by atoms with Gasteiger partial charge >= 0.3 is 0 Å². The average molecular weight is 390 g/mol. The van der Waals surface area contributed by atoms with Gasteiger partial charge in [-0.1, -0.05) is 31.9 Å². The highest BCUT2D eigenvalue weighted by molar-refractivity contribution is 9.11. The molecule has 3 nitrogen and oxygen atoms in total. The van der Waals surface area contributed by atoms with Gasteiger partial charge in [-0.05, 0) is 15.9 Å². The van der Waals surface area contributed by atoms with Crippen molar-refractivity contribution >= 4 is 53.5 Å². The van der Waals surface area contributed by atoms with Crippen molar-refractivity contribution in [1.82, 2.24) is 0 Å². The molecule has 0 aliphatic rings. The number of hydrogen-bond acceptors (Lipinski definition) is 2. The first-order chi connectivity index (χ1) is 7.08. The van der Waals surface area contributed by atoms with Crippen molar-refractivity contribution < 1.29 is 0 Å². The van der Waals surface area contributed by atoms with Gasteiger partial charge in [0.15, 0.2) is 0 Å². The summed E-state index contributed by atoms with van der Waals surface area (Å²) < 4.78 is 1.16. The quantitative estimate of drug-likeness (QED) is 0.622. The van der Waals surface area contributed by atoms with E-state index in [2.05, 4.69) is 52.6 Å². The van der Waals surface area contributed by atoms with Crippen LogP contribution < -0.4 is 0 Å². The average Bonchev–Trinajstić information content (AvgIpc) is 2.19. The second kappa shape index (κ2) is 4.77. The van der Waals surface area contributed by atoms with E-state index >= 15 is 0 Å². The predicted molar refractivity (Wildman–Crippen MR) is 65.2 cm³/mol. The van der Waals surface area contributed by atoms with Gasteiger partial charge in [-0.25, -0.2) is 4.85 Å². The van der Waals surface area contributed by atoms with Gasteiger partial charge < -0.3 is 0 Å². The Morgan fingerprint density at radius 2 is 1.33 bits per heavy atom. The van der Waals surface area contributed by atoms with Gasteiger partial charge in [-0.3, -0.25) is 0 Å².